The lowest BCUT2D eigenvalue weighted by Gasteiger charge is -2.25. The van der Waals surface area contributed by atoms with Crippen LogP contribution in [0.5, 0.6) is 5.75 Å². The molecule has 1 aromatic carbocycles. The molecule has 0 saturated heterocycles. The molecule has 0 aliphatic rings. The number of rotatable bonds is 6. The van der Waals surface area contributed by atoms with Crippen LogP contribution in [0.4, 0.5) is 5.69 Å². The number of hydrogen-bond acceptors (Lipinski definition) is 6. The van der Waals surface area contributed by atoms with E-state index in [1.165, 1.54) is 24.3 Å². The molecule has 0 aliphatic heterocycles. The number of esters is 1. The first kappa shape index (κ1) is 16.8. The van der Waals surface area contributed by atoms with Crippen molar-refractivity contribution in [3.05, 3.63) is 24.3 Å². The molecule has 0 bridgehead atoms. The molecule has 9 heteroatoms. The normalized spacial score (nSPS) is 12.5. The number of carboxylic acids is 1. The topological polar surface area (TPSA) is 121 Å². The largest absolute Gasteiger partial charge is 0.508 e. The number of carbonyl (C=O) groups is 2. The highest BCUT2D eigenvalue weighted by molar-refractivity contribution is 7.94. The predicted molar refractivity (Wildman–Crippen MR) is 73.5 cm³/mol. The fourth-order valence-corrected chi connectivity index (χ4v) is 2.98. The van der Waals surface area contributed by atoms with Gasteiger partial charge in [0, 0.05) is 0 Å². The number of ether oxygens (including phenoxy) is 1. The van der Waals surface area contributed by atoms with Gasteiger partial charge in [-0.25, -0.2) is 8.42 Å². The summed E-state index contributed by atoms with van der Waals surface area (Å²) in [5.41, 5.74) is 0.0194. The Bertz CT molecular complexity index is 624. The molecule has 1 unspecified atom stereocenters. The molecule has 0 aliphatic carbocycles. The Morgan fingerprint density at radius 3 is 2.24 bits per heavy atom. The fraction of sp³-hybridized carbons (Fsp3) is 0.333. The van der Waals surface area contributed by atoms with E-state index in [1.54, 1.807) is 0 Å². The van der Waals surface area contributed by atoms with Gasteiger partial charge in [0.15, 0.2) is 5.25 Å². The molecule has 0 radical (unpaired) electrons. The lowest BCUT2D eigenvalue weighted by Crippen LogP contribution is -2.44. The number of benzene rings is 1. The van der Waals surface area contributed by atoms with Gasteiger partial charge in [0.25, 0.3) is 0 Å². The first-order valence-electron chi connectivity index (χ1n) is 5.80. The third-order valence-corrected chi connectivity index (χ3v) is 4.74. The van der Waals surface area contributed by atoms with Gasteiger partial charge in [-0.15, -0.1) is 0 Å². The molecule has 1 atom stereocenters. The Kier molecular flexibility index (Phi) is 5.14. The summed E-state index contributed by atoms with van der Waals surface area (Å²) in [4.78, 5) is 22.3. The molecule has 0 spiro atoms. The summed E-state index contributed by atoms with van der Waals surface area (Å²) in [6.45, 7) is 0.255. The highest BCUT2D eigenvalue weighted by Gasteiger charge is 2.36. The zero-order chi connectivity index (χ0) is 16.2. The smallest absolute Gasteiger partial charge is 0.325 e. The first-order valence-corrected chi connectivity index (χ1v) is 7.30. The van der Waals surface area contributed by atoms with Crippen LogP contribution in [-0.4, -0.2) is 49.5 Å². The Labute approximate surface area is 121 Å². The zero-order valence-electron chi connectivity index (χ0n) is 11.4. The summed E-state index contributed by atoms with van der Waals surface area (Å²) < 4.78 is 29.7. The molecule has 2 N–H and O–H groups in total. The lowest BCUT2D eigenvalue weighted by molar-refractivity contribution is -0.140. The number of nitrogens with zero attached hydrogens (tertiary/aromatic N) is 1. The highest BCUT2D eigenvalue weighted by Crippen LogP contribution is 2.23. The minimum absolute atomic E-state index is 0.0194. The molecular weight excluding hydrogens is 302 g/mol. The van der Waals surface area contributed by atoms with Gasteiger partial charge in [-0.1, -0.05) is 0 Å². The van der Waals surface area contributed by atoms with E-state index in [4.69, 9.17) is 5.11 Å². The van der Waals surface area contributed by atoms with Crippen molar-refractivity contribution < 1.29 is 33.0 Å². The predicted octanol–water partition coefficient (Wildman–Crippen LogP) is 0.174. The highest BCUT2D eigenvalue weighted by atomic mass is 32.2. The van der Waals surface area contributed by atoms with Crippen molar-refractivity contribution in [1.29, 1.82) is 0 Å². The van der Waals surface area contributed by atoms with Crippen molar-refractivity contribution in [2.24, 2.45) is 0 Å². The molecule has 0 heterocycles. The number of anilines is 1. The van der Waals surface area contributed by atoms with E-state index in [-0.39, 0.29) is 11.4 Å². The minimum atomic E-state index is -4.28. The van der Waals surface area contributed by atoms with Gasteiger partial charge >= 0.3 is 11.9 Å². The molecule has 0 saturated carbocycles. The van der Waals surface area contributed by atoms with Crippen LogP contribution in [-0.2, 0) is 24.3 Å². The number of phenols is 1. The second kappa shape index (κ2) is 6.44. The summed E-state index contributed by atoms with van der Waals surface area (Å²) >= 11 is 0. The van der Waals surface area contributed by atoms with Crippen molar-refractivity contribution >= 4 is 27.6 Å². The number of aliphatic carboxylic acids is 1. The molecule has 8 nitrogen and oxygen atoms in total. The maximum atomic E-state index is 12.4. The molecule has 0 fully saturated rings. The van der Waals surface area contributed by atoms with Crippen LogP contribution in [0.3, 0.4) is 0 Å². The van der Waals surface area contributed by atoms with E-state index in [2.05, 4.69) is 4.74 Å². The SMILES string of the molecule is COC(=O)C(C)S(=O)(=O)N(CC(=O)O)c1ccc(O)cc1. The van der Waals surface area contributed by atoms with Crippen molar-refractivity contribution in [3.8, 4) is 5.75 Å². The van der Waals surface area contributed by atoms with Crippen molar-refractivity contribution in [2.75, 3.05) is 18.0 Å². The van der Waals surface area contributed by atoms with Gasteiger partial charge < -0.3 is 14.9 Å². The monoisotopic (exact) mass is 317 g/mol. The molecule has 0 aromatic heterocycles. The van der Waals surface area contributed by atoms with E-state index in [9.17, 15) is 23.1 Å². The molecule has 0 amide bonds. The van der Waals surface area contributed by atoms with Crippen molar-refractivity contribution in [1.82, 2.24) is 0 Å². The standard InChI is InChI=1S/C12H15NO7S/c1-8(12(17)20-2)21(18,19)13(7-11(15)16)9-3-5-10(14)6-4-9/h3-6,8,14H,7H2,1-2H3,(H,15,16). The summed E-state index contributed by atoms with van der Waals surface area (Å²) in [5.74, 6) is -2.49. The van der Waals surface area contributed by atoms with Crippen LogP contribution >= 0.6 is 0 Å². The summed E-state index contributed by atoms with van der Waals surface area (Å²) in [5, 5.41) is 16.5. The summed E-state index contributed by atoms with van der Waals surface area (Å²) in [6.07, 6.45) is 0. The number of hydrogen-bond donors (Lipinski definition) is 2. The van der Waals surface area contributed by atoms with E-state index < -0.39 is 33.8 Å². The number of aromatic hydroxyl groups is 1. The van der Waals surface area contributed by atoms with Gasteiger partial charge in [0.1, 0.15) is 12.3 Å². The van der Waals surface area contributed by atoms with Gasteiger partial charge in [-0.05, 0) is 31.2 Å². The Morgan fingerprint density at radius 2 is 1.81 bits per heavy atom. The maximum Gasteiger partial charge on any atom is 0.325 e. The van der Waals surface area contributed by atoms with Crippen molar-refractivity contribution in [3.63, 3.8) is 0 Å². The van der Waals surface area contributed by atoms with Crippen LogP contribution < -0.4 is 4.31 Å². The Balaban J connectivity index is 3.27. The summed E-state index contributed by atoms with van der Waals surface area (Å²) in [7, 11) is -3.24. The Hall–Kier alpha value is -2.29. The second-order valence-corrected chi connectivity index (χ2v) is 6.30. The van der Waals surface area contributed by atoms with Gasteiger partial charge in [0.2, 0.25) is 10.0 Å². The minimum Gasteiger partial charge on any atom is -0.508 e. The maximum absolute atomic E-state index is 12.4. The second-order valence-electron chi connectivity index (χ2n) is 4.13. The van der Waals surface area contributed by atoms with E-state index in [0.717, 1.165) is 14.0 Å². The molecule has 1 aromatic rings. The first-order chi connectivity index (χ1) is 9.70. The van der Waals surface area contributed by atoms with E-state index in [0.29, 0.717) is 4.31 Å². The third-order valence-electron chi connectivity index (χ3n) is 2.70. The number of methoxy groups -OCH3 is 1. The van der Waals surface area contributed by atoms with Gasteiger partial charge in [-0.3, -0.25) is 13.9 Å². The number of carbonyl (C=O) groups excluding carboxylic acids is 1. The number of carboxylic acid groups (broad SMARTS) is 1. The van der Waals surface area contributed by atoms with Crippen LogP contribution in [0, 0.1) is 0 Å². The third kappa shape index (κ3) is 3.85. The number of sulfonamides is 1. The van der Waals surface area contributed by atoms with Crippen LogP contribution in [0.25, 0.3) is 0 Å². The van der Waals surface area contributed by atoms with Crippen LogP contribution in [0.15, 0.2) is 24.3 Å². The molecule has 1 rings (SSSR count). The zero-order valence-corrected chi connectivity index (χ0v) is 12.2. The molecule has 21 heavy (non-hydrogen) atoms. The quantitative estimate of drug-likeness (QED) is 0.717. The summed E-state index contributed by atoms with van der Waals surface area (Å²) in [6, 6.07) is 4.89. The van der Waals surface area contributed by atoms with Gasteiger partial charge in [0.05, 0.1) is 12.8 Å². The van der Waals surface area contributed by atoms with Crippen LogP contribution in [0.2, 0.25) is 0 Å². The van der Waals surface area contributed by atoms with Gasteiger partial charge in [-0.2, -0.15) is 0 Å². The Morgan fingerprint density at radius 1 is 1.29 bits per heavy atom. The van der Waals surface area contributed by atoms with E-state index >= 15 is 0 Å². The fourth-order valence-electron chi connectivity index (χ4n) is 1.55. The average Bonchev–Trinajstić information content (AvgIpc) is 2.43. The lowest BCUT2D eigenvalue weighted by atomic mass is 10.3. The number of phenolic OH excluding ortho intramolecular Hbond substituents is 1. The van der Waals surface area contributed by atoms with Crippen molar-refractivity contribution in [2.45, 2.75) is 12.2 Å². The average molecular weight is 317 g/mol. The molecular formula is C12H15NO7S. The van der Waals surface area contributed by atoms with E-state index in [1.807, 2.05) is 0 Å². The molecule has 116 valence electrons. The van der Waals surface area contributed by atoms with Crippen LogP contribution in [0.1, 0.15) is 6.92 Å².